The minimum atomic E-state index is -0.168. The SMILES string of the molecule is O=C(CNC(=O)N1CCc2ccccc2C1)N[C@@H]1CC=CCC1. The Balaban J connectivity index is 1.44. The third-order valence-electron chi connectivity index (χ3n) is 4.45. The zero-order chi connectivity index (χ0) is 16.1. The first kappa shape index (κ1) is 15.6. The molecule has 0 bridgehead atoms. The molecule has 1 atom stereocenters. The minimum Gasteiger partial charge on any atom is -0.352 e. The number of fused-ring (bicyclic) bond motifs is 1. The number of hydrogen-bond donors (Lipinski definition) is 2. The van der Waals surface area contributed by atoms with Gasteiger partial charge in [-0.15, -0.1) is 0 Å². The first-order valence-corrected chi connectivity index (χ1v) is 8.26. The molecule has 1 aliphatic heterocycles. The lowest BCUT2D eigenvalue weighted by atomic mass is 10.0. The van der Waals surface area contributed by atoms with Crippen molar-refractivity contribution in [2.24, 2.45) is 0 Å². The number of rotatable bonds is 3. The zero-order valence-electron chi connectivity index (χ0n) is 13.3. The van der Waals surface area contributed by atoms with Gasteiger partial charge in [-0.1, -0.05) is 36.4 Å². The molecule has 122 valence electrons. The number of amides is 3. The molecule has 0 aromatic heterocycles. The van der Waals surface area contributed by atoms with Crippen LogP contribution >= 0.6 is 0 Å². The summed E-state index contributed by atoms with van der Waals surface area (Å²) in [6.07, 6.45) is 7.95. The second-order valence-electron chi connectivity index (χ2n) is 6.15. The molecule has 3 rings (SSSR count). The zero-order valence-corrected chi connectivity index (χ0v) is 13.3. The van der Waals surface area contributed by atoms with Crippen LogP contribution in [0.1, 0.15) is 30.4 Å². The van der Waals surface area contributed by atoms with Gasteiger partial charge in [-0.25, -0.2) is 4.79 Å². The van der Waals surface area contributed by atoms with Gasteiger partial charge in [0.2, 0.25) is 5.91 Å². The van der Waals surface area contributed by atoms with Crippen LogP contribution in [0.25, 0.3) is 0 Å². The van der Waals surface area contributed by atoms with Gasteiger partial charge in [-0.2, -0.15) is 0 Å². The average molecular weight is 313 g/mol. The fraction of sp³-hybridized carbons (Fsp3) is 0.444. The second-order valence-corrected chi connectivity index (χ2v) is 6.15. The van der Waals surface area contributed by atoms with Crippen LogP contribution < -0.4 is 10.6 Å². The van der Waals surface area contributed by atoms with E-state index in [1.807, 2.05) is 12.1 Å². The van der Waals surface area contributed by atoms with Gasteiger partial charge in [-0.3, -0.25) is 4.79 Å². The topological polar surface area (TPSA) is 61.4 Å². The molecular formula is C18H23N3O2. The van der Waals surface area contributed by atoms with E-state index in [0.717, 1.165) is 25.7 Å². The van der Waals surface area contributed by atoms with E-state index < -0.39 is 0 Å². The van der Waals surface area contributed by atoms with Crippen molar-refractivity contribution >= 4 is 11.9 Å². The molecule has 0 fully saturated rings. The molecule has 0 spiro atoms. The van der Waals surface area contributed by atoms with Crippen molar-refractivity contribution in [3.05, 3.63) is 47.5 Å². The molecule has 2 aliphatic rings. The van der Waals surface area contributed by atoms with E-state index in [-0.39, 0.29) is 24.5 Å². The number of benzene rings is 1. The Labute approximate surface area is 136 Å². The molecule has 1 aliphatic carbocycles. The molecule has 0 saturated carbocycles. The highest BCUT2D eigenvalue weighted by atomic mass is 16.2. The summed E-state index contributed by atoms with van der Waals surface area (Å²) in [6.45, 7) is 1.34. The van der Waals surface area contributed by atoms with Crippen LogP contribution in [0, 0.1) is 0 Å². The van der Waals surface area contributed by atoms with Gasteiger partial charge in [0, 0.05) is 19.1 Å². The largest absolute Gasteiger partial charge is 0.352 e. The molecular weight excluding hydrogens is 290 g/mol. The van der Waals surface area contributed by atoms with Crippen LogP contribution in [-0.4, -0.2) is 36.0 Å². The maximum absolute atomic E-state index is 12.2. The molecule has 1 aromatic rings. The van der Waals surface area contributed by atoms with Gasteiger partial charge < -0.3 is 15.5 Å². The average Bonchev–Trinajstić information content (AvgIpc) is 2.60. The van der Waals surface area contributed by atoms with Crippen LogP contribution in [0.4, 0.5) is 4.79 Å². The quantitative estimate of drug-likeness (QED) is 0.838. The van der Waals surface area contributed by atoms with Crippen molar-refractivity contribution in [2.75, 3.05) is 13.1 Å². The fourth-order valence-corrected chi connectivity index (χ4v) is 3.14. The Hall–Kier alpha value is -2.30. The van der Waals surface area contributed by atoms with E-state index in [1.54, 1.807) is 4.90 Å². The van der Waals surface area contributed by atoms with Gasteiger partial charge >= 0.3 is 6.03 Å². The number of urea groups is 1. The lowest BCUT2D eigenvalue weighted by molar-refractivity contribution is -0.120. The maximum atomic E-state index is 12.2. The van der Waals surface area contributed by atoms with Crippen molar-refractivity contribution in [1.29, 1.82) is 0 Å². The summed E-state index contributed by atoms with van der Waals surface area (Å²) in [5.41, 5.74) is 2.49. The molecule has 0 unspecified atom stereocenters. The molecule has 0 radical (unpaired) electrons. The fourth-order valence-electron chi connectivity index (χ4n) is 3.14. The molecule has 1 heterocycles. The van der Waals surface area contributed by atoms with E-state index in [1.165, 1.54) is 11.1 Å². The lowest BCUT2D eigenvalue weighted by Gasteiger charge is -2.29. The van der Waals surface area contributed by atoms with E-state index in [4.69, 9.17) is 0 Å². The van der Waals surface area contributed by atoms with Crippen LogP contribution in [0.15, 0.2) is 36.4 Å². The molecule has 5 heteroatoms. The van der Waals surface area contributed by atoms with Crippen molar-refractivity contribution in [2.45, 2.75) is 38.3 Å². The summed E-state index contributed by atoms with van der Waals surface area (Å²) < 4.78 is 0. The Kier molecular flexibility index (Phi) is 4.95. The van der Waals surface area contributed by atoms with Gasteiger partial charge in [0.15, 0.2) is 0 Å². The number of hydrogen-bond acceptors (Lipinski definition) is 2. The standard InChI is InChI=1S/C18H23N3O2/c22-17(20-16-8-2-1-3-9-16)12-19-18(23)21-11-10-14-6-4-5-7-15(14)13-21/h1-2,4-7,16H,3,8-13H2,(H,19,23)(H,20,22)/t16-/m1/s1. The number of nitrogens with zero attached hydrogens (tertiary/aromatic N) is 1. The highest BCUT2D eigenvalue weighted by molar-refractivity contribution is 5.84. The summed E-state index contributed by atoms with van der Waals surface area (Å²) in [5, 5.41) is 5.70. The monoisotopic (exact) mass is 313 g/mol. The summed E-state index contributed by atoms with van der Waals surface area (Å²) in [4.78, 5) is 25.9. The highest BCUT2D eigenvalue weighted by Crippen LogP contribution is 2.18. The van der Waals surface area contributed by atoms with Crippen molar-refractivity contribution < 1.29 is 9.59 Å². The van der Waals surface area contributed by atoms with Gasteiger partial charge in [0.25, 0.3) is 0 Å². The van der Waals surface area contributed by atoms with Crippen molar-refractivity contribution in [3.8, 4) is 0 Å². The normalized spacial score (nSPS) is 19.8. The van der Waals surface area contributed by atoms with Gasteiger partial charge in [0.05, 0.1) is 6.54 Å². The molecule has 3 amide bonds. The third kappa shape index (κ3) is 4.12. The summed E-state index contributed by atoms with van der Waals surface area (Å²) in [6, 6.07) is 8.21. The van der Waals surface area contributed by atoms with Crippen LogP contribution in [0.5, 0.6) is 0 Å². The Bertz CT molecular complexity index is 612. The minimum absolute atomic E-state index is 0.0389. The first-order chi connectivity index (χ1) is 11.2. The molecule has 5 nitrogen and oxygen atoms in total. The second kappa shape index (κ2) is 7.31. The van der Waals surface area contributed by atoms with Gasteiger partial charge in [0.1, 0.15) is 0 Å². The number of carbonyl (C=O) groups excluding carboxylic acids is 2. The predicted octanol–water partition coefficient (Wildman–Crippen LogP) is 1.98. The summed E-state index contributed by atoms with van der Waals surface area (Å²) in [5.74, 6) is -0.115. The van der Waals surface area contributed by atoms with E-state index >= 15 is 0 Å². The molecule has 2 N–H and O–H groups in total. The predicted molar refractivity (Wildman–Crippen MR) is 88.9 cm³/mol. The Morgan fingerprint density at radius 1 is 1.17 bits per heavy atom. The number of allylic oxidation sites excluding steroid dienone is 1. The molecule has 23 heavy (non-hydrogen) atoms. The first-order valence-electron chi connectivity index (χ1n) is 8.26. The third-order valence-corrected chi connectivity index (χ3v) is 4.45. The van der Waals surface area contributed by atoms with E-state index in [9.17, 15) is 9.59 Å². The Morgan fingerprint density at radius 2 is 2.00 bits per heavy atom. The molecule has 0 saturated heterocycles. The smallest absolute Gasteiger partial charge is 0.318 e. The maximum Gasteiger partial charge on any atom is 0.318 e. The lowest BCUT2D eigenvalue weighted by Crippen LogP contribution is -2.47. The summed E-state index contributed by atoms with van der Waals surface area (Å²) >= 11 is 0. The number of carbonyl (C=O) groups is 2. The van der Waals surface area contributed by atoms with E-state index in [2.05, 4.69) is 34.9 Å². The number of nitrogens with one attached hydrogen (secondary N) is 2. The summed E-state index contributed by atoms with van der Waals surface area (Å²) in [7, 11) is 0. The highest BCUT2D eigenvalue weighted by Gasteiger charge is 2.21. The van der Waals surface area contributed by atoms with Crippen LogP contribution in [0.3, 0.4) is 0 Å². The Morgan fingerprint density at radius 3 is 2.78 bits per heavy atom. The molecule has 1 aromatic carbocycles. The van der Waals surface area contributed by atoms with Gasteiger partial charge in [-0.05, 0) is 36.8 Å². The van der Waals surface area contributed by atoms with Crippen molar-refractivity contribution in [1.82, 2.24) is 15.5 Å². The van der Waals surface area contributed by atoms with Crippen LogP contribution in [0.2, 0.25) is 0 Å². The van der Waals surface area contributed by atoms with Crippen molar-refractivity contribution in [3.63, 3.8) is 0 Å². The van der Waals surface area contributed by atoms with E-state index in [0.29, 0.717) is 13.1 Å². The van der Waals surface area contributed by atoms with Crippen LogP contribution in [-0.2, 0) is 17.8 Å².